The first kappa shape index (κ1) is 13.4. The first-order valence-electron chi connectivity index (χ1n) is 4.47. The van der Waals surface area contributed by atoms with Gasteiger partial charge in [0, 0.05) is 17.6 Å². The van der Waals surface area contributed by atoms with Crippen molar-refractivity contribution in [2.75, 3.05) is 0 Å². The highest BCUT2D eigenvalue weighted by molar-refractivity contribution is 5.85. The minimum absolute atomic E-state index is 0. The van der Waals surface area contributed by atoms with E-state index in [2.05, 4.69) is 26.1 Å². The molecule has 0 amide bonds. The van der Waals surface area contributed by atoms with Crippen molar-refractivity contribution in [3.8, 4) is 0 Å². The number of rotatable bonds is 2. The molecule has 0 fully saturated rings. The van der Waals surface area contributed by atoms with E-state index in [1.54, 1.807) is 12.1 Å². The highest BCUT2D eigenvalue weighted by atomic mass is 35.5. The molecule has 1 nitrogen and oxygen atoms in total. The molecule has 0 aliphatic heterocycles. The summed E-state index contributed by atoms with van der Waals surface area (Å²) in [6.45, 7) is 6.77. The molecule has 14 heavy (non-hydrogen) atoms. The minimum atomic E-state index is -0.140. The van der Waals surface area contributed by atoms with Crippen LogP contribution in [0.15, 0.2) is 24.3 Å². The van der Waals surface area contributed by atoms with Crippen molar-refractivity contribution in [2.45, 2.75) is 32.9 Å². The van der Waals surface area contributed by atoms with Gasteiger partial charge in [-0.05, 0) is 26.8 Å². The average molecular weight is 218 g/mol. The van der Waals surface area contributed by atoms with Gasteiger partial charge in [0.15, 0.2) is 0 Å². The van der Waals surface area contributed by atoms with Crippen LogP contribution in [0.2, 0.25) is 0 Å². The molecule has 0 saturated carbocycles. The highest BCUT2D eigenvalue weighted by Gasteiger charge is 2.09. The molecule has 0 saturated heterocycles. The lowest BCUT2D eigenvalue weighted by atomic mass is 10.1. The van der Waals surface area contributed by atoms with E-state index in [0.29, 0.717) is 6.54 Å². The van der Waals surface area contributed by atoms with Crippen molar-refractivity contribution in [2.24, 2.45) is 0 Å². The predicted octanol–water partition coefficient (Wildman–Crippen LogP) is 3.14. The van der Waals surface area contributed by atoms with Gasteiger partial charge in [0.2, 0.25) is 0 Å². The fraction of sp³-hybridized carbons (Fsp3) is 0.455. The molecule has 0 aliphatic rings. The molecule has 0 spiro atoms. The smallest absolute Gasteiger partial charge is 0.127 e. The van der Waals surface area contributed by atoms with Crippen molar-refractivity contribution in [3.05, 3.63) is 35.6 Å². The molecule has 0 bridgehead atoms. The van der Waals surface area contributed by atoms with Gasteiger partial charge in [-0.2, -0.15) is 0 Å². The van der Waals surface area contributed by atoms with Gasteiger partial charge in [0.25, 0.3) is 0 Å². The summed E-state index contributed by atoms with van der Waals surface area (Å²) in [5, 5.41) is 3.24. The van der Waals surface area contributed by atoms with Crippen LogP contribution in [0.25, 0.3) is 0 Å². The van der Waals surface area contributed by atoms with Crippen LogP contribution in [0.4, 0.5) is 4.39 Å². The van der Waals surface area contributed by atoms with Gasteiger partial charge in [-0.3, -0.25) is 0 Å². The van der Waals surface area contributed by atoms with Crippen molar-refractivity contribution >= 4 is 12.4 Å². The standard InChI is InChI=1S/C11H16FN.ClH/c1-11(2,3)13-8-9-6-4-5-7-10(9)12;/h4-7,13H,8H2,1-3H3;1H. The fourth-order valence-electron chi connectivity index (χ4n) is 1.00. The molecule has 1 aromatic rings. The second kappa shape index (κ2) is 5.32. The SMILES string of the molecule is CC(C)(C)NCc1ccccc1F.Cl. The Hall–Kier alpha value is -0.600. The van der Waals surface area contributed by atoms with Crippen molar-refractivity contribution in [1.29, 1.82) is 0 Å². The van der Waals surface area contributed by atoms with Gasteiger partial charge >= 0.3 is 0 Å². The third-order valence-corrected chi connectivity index (χ3v) is 1.77. The molecule has 0 heterocycles. The van der Waals surface area contributed by atoms with E-state index in [9.17, 15) is 4.39 Å². The third-order valence-electron chi connectivity index (χ3n) is 1.77. The summed E-state index contributed by atoms with van der Waals surface area (Å²) in [5.41, 5.74) is 0.750. The molecule has 0 unspecified atom stereocenters. The predicted molar refractivity (Wildman–Crippen MR) is 60.2 cm³/mol. The molecule has 1 N–H and O–H groups in total. The van der Waals surface area contributed by atoms with Crippen LogP contribution in [0.1, 0.15) is 26.3 Å². The summed E-state index contributed by atoms with van der Waals surface area (Å²) in [6.07, 6.45) is 0. The van der Waals surface area contributed by atoms with Crippen molar-refractivity contribution in [3.63, 3.8) is 0 Å². The topological polar surface area (TPSA) is 12.0 Å². The van der Waals surface area contributed by atoms with Crippen LogP contribution >= 0.6 is 12.4 Å². The molecular weight excluding hydrogens is 201 g/mol. The largest absolute Gasteiger partial charge is 0.308 e. The van der Waals surface area contributed by atoms with Crippen LogP contribution in [-0.2, 0) is 6.54 Å². The Labute approximate surface area is 91.1 Å². The molecule has 1 aromatic carbocycles. The summed E-state index contributed by atoms with van der Waals surface area (Å²) in [4.78, 5) is 0. The van der Waals surface area contributed by atoms with Crippen molar-refractivity contribution in [1.82, 2.24) is 5.32 Å². The van der Waals surface area contributed by atoms with Crippen LogP contribution in [0, 0.1) is 5.82 Å². The third kappa shape index (κ3) is 4.58. The van der Waals surface area contributed by atoms with E-state index < -0.39 is 0 Å². The molecule has 0 radical (unpaired) electrons. The summed E-state index contributed by atoms with van der Waals surface area (Å²) in [6, 6.07) is 6.84. The van der Waals surface area contributed by atoms with E-state index in [0.717, 1.165) is 5.56 Å². The zero-order valence-electron chi connectivity index (χ0n) is 8.80. The highest BCUT2D eigenvalue weighted by Crippen LogP contribution is 2.08. The van der Waals surface area contributed by atoms with E-state index in [4.69, 9.17) is 0 Å². The van der Waals surface area contributed by atoms with E-state index in [-0.39, 0.29) is 23.8 Å². The van der Waals surface area contributed by atoms with Crippen LogP contribution in [-0.4, -0.2) is 5.54 Å². The summed E-state index contributed by atoms with van der Waals surface area (Å²) >= 11 is 0. The first-order chi connectivity index (χ1) is 5.99. The Morgan fingerprint density at radius 2 is 1.79 bits per heavy atom. The Morgan fingerprint density at radius 3 is 2.29 bits per heavy atom. The zero-order chi connectivity index (χ0) is 9.90. The fourth-order valence-corrected chi connectivity index (χ4v) is 1.00. The molecule has 0 aromatic heterocycles. The van der Waals surface area contributed by atoms with E-state index in [1.807, 2.05) is 6.07 Å². The maximum atomic E-state index is 13.1. The van der Waals surface area contributed by atoms with Crippen LogP contribution in [0.3, 0.4) is 0 Å². The first-order valence-corrected chi connectivity index (χ1v) is 4.47. The summed E-state index contributed by atoms with van der Waals surface area (Å²) in [5.74, 6) is -0.140. The number of halogens is 2. The second-order valence-electron chi connectivity index (χ2n) is 4.19. The van der Waals surface area contributed by atoms with Crippen LogP contribution < -0.4 is 5.32 Å². The average Bonchev–Trinajstić information content (AvgIpc) is 2.01. The van der Waals surface area contributed by atoms with Gasteiger partial charge in [-0.25, -0.2) is 4.39 Å². The lowest BCUT2D eigenvalue weighted by Crippen LogP contribution is -2.35. The Morgan fingerprint density at radius 1 is 1.21 bits per heavy atom. The normalized spacial score (nSPS) is 10.9. The van der Waals surface area contributed by atoms with Gasteiger partial charge in [0.05, 0.1) is 0 Å². The second-order valence-corrected chi connectivity index (χ2v) is 4.19. The minimum Gasteiger partial charge on any atom is -0.308 e. The molecule has 0 atom stereocenters. The number of hydrogen-bond donors (Lipinski definition) is 1. The molecule has 3 heteroatoms. The zero-order valence-corrected chi connectivity index (χ0v) is 9.62. The Balaban J connectivity index is 0.00000169. The van der Waals surface area contributed by atoms with Crippen LogP contribution in [0.5, 0.6) is 0 Å². The van der Waals surface area contributed by atoms with Gasteiger partial charge < -0.3 is 5.32 Å². The lowest BCUT2D eigenvalue weighted by Gasteiger charge is -2.20. The maximum Gasteiger partial charge on any atom is 0.127 e. The Bertz CT molecular complexity index is 281. The maximum absolute atomic E-state index is 13.1. The summed E-state index contributed by atoms with van der Waals surface area (Å²) < 4.78 is 13.1. The van der Waals surface area contributed by atoms with E-state index in [1.165, 1.54) is 6.07 Å². The molecule has 1 rings (SSSR count). The van der Waals surface area contributed by atoms with Gasteiger partial charge in [-0.15, -0.1) is 12.4 Å². The molecule has 0 aliphatic carbocycles. The number of hydrogen-bond acceptors (Lipinski definition) is 1. The molecule has 80 valence electrons. The van der Waals surface area contributed by atoms with Gasteiger partial charge in [-0.1, -0.05) is 18.2 Å². The van der Waals surface area contributed by atoms with Crippen molar-refractivity contribution < 1.29 is 4.39 Å². The summed E-state index contributed by atoms with van der Waals surface area (Å²) in [7, 11) is 0. The molecular formula is C11H17ClFN. The number of benzene rings is 1. The van der Waals surface area contributed by atoms with Gasteiger partial charge in [0.1, 0.15) is 5.82 Å². The quantitative estimate of drug-likeness (QED) is 0.803. The number of nitrogens with one attached hydrogen (secondary N) is 1. The Kier molecular flexibility index (Phi) is 5.09. The lowest BCUT2D eigenvalue weighted by molar-refractivity contribution is 0.418. The van der Waals surface area contributed by atoms with E-state index >= 15 is 0 Å². The monoisotopic (exact) mass is 217 g/mol.